The lowest BCUT2D eigenvalue weighted by Crippen LogP contribution is -2.04. The van der Waals surface area contributed by atoms with Crippen LogP contribution in [0.15, 0.2) is 24.3 Å². The minimum Gasteiger partial charge on any atom is -0.494 e. The summed E-state index contributed by atoms with van der Waals surface area (Å²) in [5.41, 5.74) is 1.56. The lowest BCUT2D eigenvalue weighted by Gasteiger charge is -2.05. The molecule has 0 aliphatic carbocycles. The Morgan fingerprint density at radius 2 is 1.90 bits per heavy atom. The summed E-state index contributed by atoms with van der Waals surface area (Å²) in [4.78, 5) is 16.9. The Labute approximate surface area is 122 Å². The van der Waals surface area contributed by atoms with Crippen LogP contribution in [0.5, 0.6) is 5.75 Å². The molecule has 0 saturated heterocycles. The number of hydrogen-bond acceptors (Lipinski definition) is 5. The Morgan fingerprint density at radius 1 is 1.20 bits per heavy atom. The zero-order chi connectivity index (χ0) is 14.5. The number of thiazole rings is 1. The molecule has 0 atom stereocenters. The first-order valence-electron chi connectivity index (χ1n) is 6.53. The summed E-state index contributed by atoms with van der Waals surface area (Å²) in [5, 5.41) is 0.844. The third kappa shape index (κ3) is 3.17. The van der Waals surface area contributed by atoms with Crippen LogP contribution in [0.1, 0.15) is 28.5 Å². The van der Waals surface area contributed by atoms with Crippen molar-refractivity contribution in [2.24, 2.45) is 0 Å². The maximum Gasteiger partial charge on any atom is 0.350 e. The van der Waals surface area contributed by atoms with Gasteiger partial charge >= 0.3 is 5.97 Å². The lowest BCUT2D eigenvalue weighted by molar-refractivity contribution is 0.0532. The van der Waals surface area contributed by atoms with Crippen LogP contribution in [0.2, 0.25) is 0 Å². The van der Waals surface area contributed by atoms with Crippen LogP contribution in [0.4, 0.5) is 0 Å². The fourth-order valence-electron chi connectivity index (χ4n) is 1.83. The van der Waals surface area contributed by atoms with Crippen molar-refractivity contribution in [2.45, 2.75) is 20.8 Å². The second-order valence-electron chi connectivity index (χ2n) is 4.09. The molecular weight excluding hydrogens is 274 g/mol. The van der Waals surface area contributed by atoms with E-state index in [4.69, 9.17) is 9.47 Å². The molecule has 0 saturated carbocycles. The molecule has 0 radical (unpaired) electrons. The number of benzene rings is 1. The summed E-state index contributed by atoms with van der Waals surface area (Å²) >= 11 is 1.35. The summed E-state index contributed by atoms with van der Waals surface area (Å²) < 4.78 is 10.5. The zero-order valence-corrected chi connectivity index (χ0v) is 12.6. The highest BCUT2D eigenvalue weighted by molar-refractivity contribution is 7.14. The quantitative estimate of drug-likeness (QED) is 0.788. The fraction of sp³-hybridized carbons (Fsp3) is 0.333. The predicted octanol–water partition coefficient (Wildman–Crippen LogP) is 3.69. The molecule has 1 heterocycles. The van der Waals surface area contributed by atoms with Crippen molar-refractivity contribution < 1.29 is 14.3 Å². The minimum absolute atomic E-state index is 0.318. The largest absolute Gasteiger partial charge is 0.494 e. The van der Waals surface area contributed by atoms with Gasteiger partial charge in [-0.3, -0.25) is 0 Å². The second-order valence-corrected chi connectivity index (χ2v) is 5.29. The van der Waals surface area contributed by atoms with E-state index in [1.807, 2.05) is 38.1 Å². The van der Waals surface area contributed by atoms with E-state index in [9.17, 15) is 4.79 Å². The Kier molecular flexibility index (Phi) is 4.74. The van der Waals surface area contributed by atoms with Crippen molar-refractivity contribution in [2.75, 3.05) is 13.2 Å². The first-order valence-corrected chi connectivity index (χ1v) is 7.35. The Hall–Kier alpha value is -1.88. The monoisotopic (exact) mass is 291 g/mol. The molecule has 1 aromatic carbocycles. The van der Waals surface area contributed by atoms with Gasteiger partial charge < -0.3 is 9.47 Å². The number of aryl methyl sites for hydroxylation is 1. The number of carbonyl (C=O) groups excluding carboxylic acids is 1. The Morgan fingerprint density at radius 3 is 2.50 bits per heavy atom. The van der Waals surface area contributed by atoms with Gasteiger partial charge in [-0.1, -0.05) is 0 Å². The third-order valence-electron chi connectivity index (χ3n) is 2.63. The molecule has 0 bridgehead atoms. The van der Waals surface area contributed by atoms with E-state index in [-0.39, 0.29) is 5.97 Å². The van der Waals surface area contributed by atoms with Crippen molar-refractivity contribution in [3.63, 3.8) is 0 Å². The molecular formula is C15H17NO3S. The fourth-order valence-corrected chi connectivity index (χ4v) is 2.67. The maximum absolute atomic E-state index is 11.9. The number of carbonyl (C=O) groups is 1. The van der Waals surface area contributed by atoms with Gasteiger partial charge in [0.1, 0.15) is 10.6 Å². The molecule has 1 aromatic heterocycles. The Balaban J connectivity index is 2.34. The number of aromatic nitrogens is 1. The van der Waals surface area contributed by atoms with Gasteiger partial charge in [-0.25, -0.2) is 9.78 Å². The van der Waals surface area contributed by atoms with E-state index in [1.54, 1.807) is 6.92 Å². The molecule has 0 amide bonds. The first kappa shape index (κ1) is 14.5. The van der Waals surface area contributed by atoms with Gasteiger partial charge in [-0.2, -0.15) is 0 Å². The highest BCUT2D eigenvalue weighted by atomic mass is 32.1. The number of rotatable bonds is 5. The average Bonchev–Trinajstić information content (AvgIpc) is 2.82. The summed E-state index contributed by atoms with van der Waals surface area (Å²) in [6, 6.07) is 7.56. The number of hydrogen-bond donors (Lipinski definition) is 0. The van der Waals surface area contributed by atoms with Crippen LogP contribution in [-0.4, -0.2) is 24.2 Å². The van der Waals surface area contributed by atoms with Gasteiger partial charge in [-0.15, -0.1) is 11.3 Å². The van der Waals surface area contributed by atoms with E-state index < -0.39 is 0 Å². The van der Waals surface area contributed by atoms with Crippen LogP contribution >= 0.6 is 11.3 Å². The summed E-state index contributed by atoms with van der Waals surface area (Å²) in [7, 11) is 0. The molecule has 0 aliphatic rings. The number of ether oxygens (including phenoxy) is 2. The summed E-state index contributed by atoms with van der Waals surface area (Å²) in [6.45, 7) is 6.60. The number of esters is 1. The highest BCUT2D eigenvalue weighted by Gasteiger charge is 2.19. The van der Waals surface area contributed by atoms with Crippen molar-refractivity contribution in [1.29, 1.82) is 0 Å². The SMILES string of the molecule is CCOC(=O)c1sc(C)nc1-c1ccc(OCC)cc1. The van der Waals surface area contributed by atoms with E-state index >= 15 is 0 Å². The molecule has 2 aromatic rings. The van der Waals surface area contributed by atoms with Gasteiger partial charge in [0.05, 0.1) is 23.9 Å². The van der Waals surface area contributed by atoms with Crippen molar-refractivity contribution in [3.8, 4) is 17.0 Å². The van der Waals surface area contributed by atoms with Crippen molar-refractivity contribution in [1.82, 2.24) is 4.98 Å². The zero-order valence-electron chi connectivity index (χ0n) is 11.8. The van der Waals surface area contributed by atoms with Crippen LogP contribution in [0, 0.1) is 6.92 Å². The smallest absolute Gasteiger partial charge is 0.350 e. The van der Waals surface area contributed by atoms with Gasteiger partial charge in [0.2, 0.25) is 0 Å². The second kappa shape index (κ2) is 6.52. The standard InChI is InChI=1S/C15H17NO3S/c1-4-18-12-8-6-11(7-9-12)13-14(15(17)19-5-2)20-10(3)16-13/h6-9H,4-5H2,1-3H3. The van der Waals surface area contributed by atoms with Crippen molar-refractivity contribution in [3.05, 3.63) is 34.2 Å². The van der Waals surface area contributed by atoms with Crippen LogP contribution in [0.3, 0.4) is 0 Å². The van der Waals surface area contributed by atoms with E-state index in [0.717, 1.165) is 16.3 Å². The van der Waals surface area contributed by atoms with E-state index in [1.165, 1.54) is 11.3 Å². The molecule has 20 heavy (non-hydrogen) atoms. The predicted molar refractivity (Wildman–Crippen MR) is 79.4 cm³/mol. The molecule has 106 valence electrons. The molecule has 0 aliphatic heterocycles. The molecule has 0 fully saturated rings. The molecule has 0 spiro atoms. The normalized spacial score (nSPS) is 10.3. The molecule has 0 unspecified atom stereocenters. The number of nitrogens with zero attached hydrogens (tertiary/aromatic N) is 1. The topological polar surface area (TPSA) is 48.4 Å². The summed E-state index contributed by atoms with van der Waals surface area (Å²) in [6.07, 6.45) is 0. The molecule has 5 heteroatoms. The van der Waals surface area contributed by atoms with E-state index in [0.29, 0.717) is 23.8 Å². The van der Waals surface area contributed by atoms with Gasteiger partial charge in [-0.05, 0) is 45.0 Å². The van der Waals surface area contributed by atoms with Gasteiger partial charge in [0, 0.05) is 5.56 Å². The van der Waals surface area contributed by atoms with Crippen LogP contribution in [-0.2, 0) is 4.74 Å². The molecule has 0 N–H and O–H groups in total. The lowest BCUT2D eigenvalue weighted by atomic mass is 10.1. The van der Waals surface area contributed by atoms with Gasteiger partial charge in [0.25, 0.3) is 0 Å². The van der Waals surface area contributed by atoms with Crippen LogP contribution in [0.25, 0.3) is 11.3 Å². The molecule has 4 nitrogen and oxygen atoms in total. The Bertz CT molecular complexity index is 590. The third-order valence-corrected chi connectivity index (χ3v) is 3.58. The maximum atomic E-state index is 11.9. The van der Waals surface area contributed by atoms with Gasteiger partial charge in [0.15, 0.2) is 0 Å². The minimum atomic E-state index is -0.318. The van der Waals surface area contributed by atoms with Crippen molar-refractivity contribution >= 4 is 17.3 Å². The average molecular weight is 291 g/mol. The highest BCUT2D eigenvalue weighted by Crippen LogP contribution is 2.29. The van der Waals surface area contributed by atoms with E-state index in [2.05, 4.69) is 4.98 Å². The molecule has 2 rings (SSSR count). The first-order chi connectivity index (χ1) is 9.65. The summed E-state index contributed by atoms with van der Waals surface area (Å²) in [5.74, 6) is 0.489. The van der Waals surface area contributed by atoms with Crippen LogP contribution < -0.4 is 4.74 Å².